The highest BCUT2D eigenvalue weighted by atomic mass is 16.3. The van der Waals surface area contributed by atoms with E-state index in [1.807, 2.05) is 54.6 Å². The number of aromatic nitrogens is 1. The van der Waals surface area contributed by atoms with Crippen molar-refractivity contribution in [2.75, 3.05) is 13.1 Å². The number of hydrogen-bond donors (Lipinski definition) is 8. The number of fused-ring (bicyclic) bond motifs is 2. The van der Waals surface area contributed by atoms with E-state index in [9.17, 15) is 33.9 Å². The summed E-state index contributed by atoms with van der Waals surface area (Å²) in [6.07, 6.45) is 2.52. The van der Waals surface area contributed by atoms with Crippen LogP contribution in [-0.2, 0) is 41.6 Å². The lowest BCUT2D eigenvalue weighted by atomic mass is 10.0. The topological polar surface area (TPSA) is 228 Å². The van der Waals surface area contributed by atoms with Gasteiger partial charge in [0, 0.05) is 36.5 Å². The summed E-state index contributed by atoms with van der Waals surface area (Å²) < 4.78 is 0. The monoisotopic (exact) mass is 730 g/mol. The molecule has 0 aliphatic carbocycles. The zero-order valence-corrected chi connectivity index (χ0v) is 30.1. The standard InChI is InChI=1S/C38H50N8O7/c1-22-38(53)46-18-10-16-31(46)36(51)44-29(19-24-11-4-3-5-12-24)34(49)43-30(20-25-21-40-27-14-7-6-13-26(25)27)35(50)42-28(15-8-9-17-39)33(48)45-32(23(2)47)37(52)41-22/h3-7,11-14,21-23,28-32,40,47H,8-10,15-20,39H2,1-2H3,(H,41,52)(H,42,50)(H,43,49)(H,44,51)(H,45,48)/t22-,23-,28+,29+,30-,31-,32+/m1/s1. The molecule has 15 heteroatoms. The fraction of sp³-hybridized carbons (Fsp3) is 0.474. The SMILES string of the molecule is C[C@H]1NC(=O)[C@H]([C@@H](C)O)NC(=O)[C@H](CCCCN)NC(=O)[C@@H](Cc2c[nH]c3ccccc23)NC(=O)[C@H](Cc2ccccc2)NC(=O)[C@H]2CCCN2C1=O. The first kappa shape index (κ1) is 38.9. The molecular formula is C38H50N8O7. The van der Waals surface area contributed by atoms with E-state index in [0.717, 1.165) is 22.0 Å². The summed E-state index contributed by atoms with van der Waals surface area (Å²) in [6.45, 7) is 3.38. The number of nitrogens with zero attached hydrogens (tertiary/aromatic N) is 1. The van der Waals surface area contributed by atoms with Crippen molar-refractivity contribution in [2.45, 2.75) is 101 Å². The largest absolute Gasteiger partial charge is 0.391 e. The molecule has 0 saturated carbocycles. The first-order chi connectivity index (χ1) is 25.5. The number of benzene rings is 2. The first-order valence-electron chi connectivity index (χ1n) is 18.3. The van der Waals surface area contributed by atoms with Crippen LogP contribution in [0.3, 0.4) is 0 Å². The van der Waals surface area contributed by atoms with Crippen LogP contribution in [-0.4, -0.2) is 106 Å². The smallest absolute Gasteiger partial charge is 0.245 e. The zero-order chi connectivity index (χ0) is 38.1. The summed E-state index contributed by atoms with van der Waals surface area (Å²) in [6, 6.07) is 9.60. The summed E-state index contributed by atoms with van der Waals surface area (Å²) >= 11 is 0. The fourth-order valence-electron chi connectivity index (χ4n) is 6.94. The van der Waals surface area contributed by atoms with Crippen molar-refractivity contribution in [2.24, 2.45) is 5.73 Å². The van der Waals surface area contributed by atoms with Gasteiger partial charge in [0.2, 0.25) is 35.4 Å². The second kappa shape index (κ2) is 18.0. The average molecular weight is 731 g/mol. The molecule has 53 heavy (non-hydrogen) atoms. The third-order valence-corrected chi connectivity index (χ3v) is 9.86. The van der Waals surface area contributed by atoms with Gasteiger partial charge in [0.1, 0.15) is 36.3 Å². The molecule has 1 aromatic heterocycles. The van der Waals surface area contributed by atoms with Gasteiger partial charge in [-0.3, -0.25) is 28.8 Å². The Kier molecular flexibility index (Phi) is 13.2. The van der Waals surface area contributed by atoms with Crippen LogP contribution in [0.5, 0.6) is 0 Å². The average Bonchev–Trinajstić information content (AvgIpc) is 3.80. The summed E-state index contributed by atoms with van der Waals surface area (Å²) in [5.41, 5.74) is 8.04. The number of unbranched alkanes of at least 4 members (excludes halogenated alkanes) is 1. The second-order valence-electron chi connectivity index (χ2n) is 13.9. The molecule has 2 fully saturated rings. The molecule has 6 amide bonds. The number of amides is 6. The molecule has 5 rings (SSSR count). The van der Waals surface area contributed by atoms with E-state index < -0.39 is 77.8 Å². The third-order valence-electron chi connectivity index (χ3n) is 9.86. The maximum Gasteiger partial charge on any atom is 0.245 e. The van der Waals surface area contributed by atoms with Crippen LogP contribution in [0.15, 0.2) is 60.8 Å². The van der Waals surface area contributed by atoms with Gasteiger partial charge >= 0.3 is 0 Å². The van der Waals surface area contributed by atoms with Crippen molar-refractivity contribution in [3.63, 3.8) is 0 Å². The number of rotatable bonds is 9. The number of aliphatic hydroxyl groups excluding tert-OH is 1. The van der Waals surface area contributed by atoms with E-state index in [0.29, 0.717) is 32.2 Å². The number of nitrogens with one attached hydrogen (secondary N) is 6. The quantitative estimate of drug-likeness (QED) is 0.139. The zero-order valence-electron chi connectivity index (χ0n) is 30.1. The van der Waals surface area contributed by atoms with E-state index in [2.05, 4.69) is 31.6 Å². The number of nitrogens with two attached hydrogens (primary N) is 1. The predicted octanol–water partition coefficient (Wildman–Crippen LogP) is -0.0886. The van der Waals surface area contributed by atoms with E-state index in [1.54, 1.807) is 6.20 Å². The Hall–Kier alpha value is -5.28. The number of para-hydroxylation sites is 1. The van der Waals surface area contributed by atoms with Crippen LogP contribution >= 0.6 is 0 Å². The van der Waals surface area contributed by atoms with Crippen LogP contribution in [0, 0.1) is 0 Å². The lowest BCUT2D eigenvalue weighted by Crippen LogP contribution is -2.62. The maximum atomic E-state index is 14.3. The molecule has 2 aliphatic heterocycles. The van der Waals surface area contributed by atoms with E-state index in [-0.39, 0.29) is 25.8 Å². The molecule has 3 aromatic rings. The van der Waals surface area contributed by atoms with Crippen molar-refractivity contribution < 1.29 is 33.9 Å². The molecule has 284 valence electrons. The first-order valence-corrected chi connectivity index (χ1v) is 18.3. The summed E-state index contributed by atoms with van der Waals surface area (Å²) in [4.78, 5) is 87.8. The Morgan fingerprint density at radius 2 is 1.42 bits per heavy atom. The lowest BCUT2D eigenvalue weighted by Gasteiger charge is -2.31. The number of hydrogen-bond acceptors (Lipinski definition) is 8. The van der Waals surface area contributed by atoms with Gasteiger partial charge in [0.05, 0.1) is 6.10 Å². The van der Waals surface area contributed by atoms with Crippen LogP contribution < -0.4 is 32.3 Å². The molecule has 2 aromatic carbocycles. The van der Waals surface area contributed by atoms with Crippen LogP contribution in [0.1, 0.15) is 57.1 Å². The Labute approximate surface area is 308 Å². The Morgan fingerprint density at radius 1 is 0.774 bits per heavy atom. The molecule has 2 aliphatic rings. The Bertz CT molecular complexity index is 1780. The van der Waals surface area contributed by atoms with Crippen molar-refractivity contribution >= 4 is 46.3 Å². The second-order valence-corrected chi connectivity index (χ2v) is 13.9. The molecule has 3 heterocycles. The maximum absolute atomic E-state index is 14.3. The highest BCUT2D eigenvalue weighted by Gasteiger charge is 2.40. The van der Waals surface area contributed by atoms with E-state index in [4.69, 9.17) is 5.73 Å². The van der Waals surface area contributed by atoms with Crippen molar-refractivity contribution in [1.29, 1.82) is 0 Å². The van der Waals surface area contributed by atoms with Crippen molar-refractivity contribution in [1.82, 2.24) is 36.5 Å². The predicted molar refractivity (Wildman–Crippen MR) is 197 cm³/mol. The van der Waals surface area contributed by atoms with E-state index >= 15 is 0 Å². The Morgan fingerprint density at radius 3 is 2.13 bits per heavy atom. The van der Waals surface area contributed by atoms with Gasteiger partial charge < -0.3 is 47.3 Å². The number of carbonyl (C=O) groups excluding carboxylic acids is 6. The van der Waals surface area contributed by atoms with Gasteiger partial charge in [-0.25, -0.2) is 0 Å². The number of H-pyrrole nitrogens is 1. The fourth-order valence-corrected chi connectivity index (χ4v) is 6.94. The molecule has 15 nitrogen and oxygen atoms in total. The minimum atomic E-state index is -1.47. The van der Waals surface area contributed by atoms with Gasteiger partial charge in [-0.15, -0.1) is 0 Å². The molecule has 9 N–H and O–H groups in total. The molecule has 7 atom stereocenters. The van der Waals surface area contributed by atoms with Crippen LogP contribution in [0.4, 0.5) is 0 Å². The van der Waals surface area contributed by atoms with Crippen molar-refractivity contribution in [3.8, 4) is 0 Å². The Balaban J connectivity index is 1.54. The molecule has 0 spiro atoms. The molecule has 0 unspecified atom stereocenters. The third kappa shape index (κ3) is 9.78. The van der Waals surface area contributed by atoms with Gasteiger partial charge in [-0.05, 0) is 69.7 Å². The van der Waals surface area contributed by atoms with Crippen molar-refractivity contribution in [3.05, 3.63) is 71.9 Å². The van der Waals surface area contributed by atoms with Gasteiger partial charge in [0.15, 0.2) is 0 Å². The van der Waals surface area contributed by atoms with Crippen LogP contribution in [0.2, 0.25) is 0 Å². The summed E-state index contributed by atoms with van der Waals surface area (Å²) in [7, 11) is 0. The number of carbonyl (C=O) groups is 6. The van der Waals surface area contributed by atoms with E-state index in [1.165, 1.54) is 18.7 Å². The molecule has 0 bridgehead atoms. The number of aliphatic hydroxyl groups is 1. The lowest BCUT2D eigenvalue weighted by molar-refractivity contribution is -0.143. The van der Waals surface area contributed by atoms with Crippen LogP contribution in [0.25, 0.3) is 10.9 Å². The molecular weight excluding hydrogens is 680 g/mol. The van der Waals surface area contributed by atoms with Gasteiger partial charge in [-0.2, -0.15) is 0 Å². The molecule has 2 saturated heterocycles. The normalized spacial score (nSPS) is 25.7. The molecule has 0 radical (unpaired) electrons. The highest BCUT2D eigenvalue weighted by Crippen LogP contribution is 2.21. The summed E-state index contributed by atoms with van der Waals surface area (Å²) in [5.74, 6) is -3.90. The highest BCUT2D eigenvalue weighted by molar-refractivity contribution is 5.99. The van der Waals surface area contributed by atoms with Gasteiger partial charge in [-0.1, -0.05) is 48.5 Å². The summed E-state index contributed by atoms with van der Waals surface area (Å²) in [5, 5.41) is 25.0. The minimum Gasteiger partial charge on any atom is -0.391 e. The van der Waals surface area contributed by atoms with Gasteiger partial charge in [0.25, 0.3) is 0 Å². The minimum absolute atomic E-state index is 0.0340. The number of aromatic amines is 1.